The summed E-state index contributed by atoms with van der Waals surface area (Å²) < 4.78 is 13.0. The minimum Gasteiger partial charge on any atom is -0.493 e. The van der Waals surface area contributed by atoms with Crippen molar-refractivity contribution < 1.29 is 19.1 Å². The van der Waals surface area contributed by atoms with Crippen LogP contribution in [0.4, 0.5) is 0 Å². The average molecular weight is 669 g/mol. The van der Waals surface area contributed by atoms with Gasteiger partial charge in [0, 0.05) is 57.9 Å². The first-order valence-electron chi connectivity index (χ1n) is 15.8. The summed E-state index contributed by atoms with van der Waals surface area (Å²) in [4.78, 5) is 30.7. The van der Waals surface area contributed by atoms with Gasteiger partial charge >= 0.3 is 0 Å². The van der Waals surface area contributed by atoms with Crippen molar-refractivity contribution in [3.8, 4) is 11.5 Å². The lowest BCUT2D eigenvalue weighted by Gasteiger charge is -2.49. The lowest BCUT2D eigenvalue weighted by atomic mass is 9.63. The van der Waals surface area contributed by atoms with Crippen LogP contribution < -0.4 is 9.47 Å². The van der Waals surface area contributed by atoms with E-state index in [0.717, 1.165) is 63.9 Å². The first-order chi connectivity index (χ1) is 21.5. The SMILES string of the molecule is COc1cc(C2C3=C(CC(C)(C)CC3=O)N(CCc3ccccc3)C3=C2C(=O)CC(C)(C)C3)ccc1OCc1ccccc1Br. The number of hydrogen-bond donors (Lipinski definition) is 0. The number of carbonyl (C=O) groups is 2. The van der Waals surface area contributed by atoms with Gasteiger partial charge in [0.25, 0.3) is 0 Å². The van der Waals surface area contributed by atoms with Gasteiger partial charge in [0.15, 0.2) is 23.1 Å². The Balaban J connectivity index is 1.45. The highest BCUT2D eigenvalue weighted by Gasteiger charge is 2.49. The molecule has 0 amide bonds. The molecule has 2 aliphatic carbocycles. The van der Waals surface area contributed by atoms with E-state index in [4.69, 9.17) is 9.47 Å². The minimum atomic E-state index is -0.429. The van der Waals surface area contributed by atoms with Crippen LogP contribution in [0.25, 0.3) is 0 Å². The molecule has 0 atom stereocenters. The van der Waals surface area contributed by atoms with E-state index in [9.17, 15) is 9.59 Å². The molecule has 0 radical (unpaired) electrons. The number of Topliss-reactive ketones (excluding diaryl/α,β-unsaturated/α-hetero) is 2. The fourth-order valence-electron chi connectivity index (χ4n) is 7.29. The molecule has 3 aromatic carbocycles. The Morgan fingerprint density at radius 2 is 1.38 bits per heavy atom. The second-order valence-corrected chi connectivity index (χ2v) is 15.1. The van der Waals surface area contributed by atoms with Crippen LogP contribution in [0.5, 0.6) is 11.5 Å². The van der Waals surface area contributed by atoms with Gasteiger partial charge < -0.3 is 14.4 Å². The number of allylic oxidation sites excluding steroid dienone is 4. The molecular formula is C39H42BrNO4. The van der Waals surface area contributed by atoms with Gasteiger partial charge in [-0.1, -0.05) is 98.2 Å². The molecule has 6 rings (SSSR count). The van der Waals surface area contributed by atoms with E-state index in [1.54, 1.807) is 7.11 Å². The fraction of sp³-hybridized carbons (Fsp3) is 0.385. The van der Waals surface area contributed by atoms with Crippen molar-refractivity contribution in [3.63, 3.8) is 0 Å². The maximum atomic E-state index is 14.2. The van der Waals surface area contributed by atoms with Crippen LogP contribution in [0.3, 0.4) is 0 Å². The van der Waals surface area contributed by atoms with Crippen LogP contribution in [0.2, 0.25) is 0 Å². The molecule has 0 bridgehead atoms. The maximum absolute atomic E-state index is 14.2. The summed E-state index contributed by atoms with van der Waals surface area (Å²) in [5, 5.41) is 0. The van der Waals surface area contributed by atoms with Gasteiger partial charge in [-0.3, -0.25) is 9.59 Å². The Bertz CT molecular complexity index is 1650. The Hall–Kier alpha value is -3.64. The molecule has 0 saturated carbocycles. The summed E-state index contributed by atoms with van der Waals surface area (Å²) in [7, 11) is 1.63. The van der Waals surface area contributed by atoms with E-state index < -0.39 is 5.92 Å². The summed E-state index contributed by atoms with van der Waals surface area (Å²) in [5.41, 5.74) is 6.54. The number of carbonyl (C=O) groups excluding carboxylic acids is 2. The van der Waals surface area contributed by atoms with Crippen molar-refractivity contribution >= 4 is 27.5 Å². The van der Waals surface area contributed by atoms with Crippen molar-refractivity contribution in [1.82, 2.24) is 4.90 Å². The molecule has 0 spiro atoms. The van der Waals surface area contributed by atoms with Gasteiger partial charge in [-0.05, 0) is 59.4 Å². The lowest BCUT2D eigenvalue weighted by molar-refractivity contribution is -0.119. The number of ketones is 2. The highest BCUT2D eigenvalue weighted by Crippen LogP contribution is 2.55. The Kier molecular flexibility index (Phi) is 8.55. The van der Waals surface area contributed by atoms with Crippen molar-refractivity contribution in [2.24, 2.45) is 10.8 Å². The molecule has 45 heavy (non-hydrogen) atoms. The molecule has 0 aromatic heterocycles. The van der Waals surface area contributed by atoms with Crippen LogP contribution in [-0.4, -0.2) is 30.1 Å². The van der Waals surface area contributed by atoms with Crippen LogP contribution in [0.1, 0.15) is 76.0 Å². The smallest absolute Gasteiger partial charge is 0.162 e. The summed E-state index contributed by atoms with van der Waals surface area (Å²) in [6.45, 7) is 9.83. The monoisotopic (exact) mass is 667 g/mol. The van der Waals surface area contributed by atoms with E-state index in [1.807, 2.05) is 48.5 Å². The average Bonchev–Trinajstić information content (AvgIpc) is 2.98. The van der Waals surface area contributed by atoms with Crippen molar-refractivity contribution in [2.45, 2.75) is 72.3 Å². The van der Waals surface area contributed by atoms with E-state index >= 15 is 0 Å². The third-order valence-electron chi connectivity index (χ3n) is 9.35. The molecule has 234 valence electrons. The quantitative estimate of drug-likeness (QED) is 0.240. The Labute approximate surface area is 275 Å². The van der Waals surface area contributed by atoms with E-state index in [2.05, 4.69) is 72.8 Å². The third-order valence-corrected chi connectivity index (χ3v) is 10.1. The largest absolute Gasteiger partial charge is 0.493 e. The molecule has 3 aliphatic rings. The van der Waals surface area contributed by atoms with Crippen LogP contribution in [0, 0.1) is 10.8 Å². The van der Waals surface area contributed by atoms with Gasteiger partial charge in [0.05, 0.1) is 7.11 Å². The zero-order valence-corrected chi connectivity index (χ0v) is 28.5. The van der Waals surface area contributed by atoms with Crippen LogP contribution in [0.15, 0.2) is 99.8 Å². The number of nitrogens with zero attached hydrogens (tertiary/aromatic N) is 1. The second-order valence-electron chi connectivity index (χ2n) is 14.2. The molecule has 6 heteroatoms. The summed E-state index contributed by atoms with van der Waals surface area (Å²) in [6.07, 6.45) is 3.33. The van der Waals surface area contributed by atoms with Crippen molar-refractivity contribution in [1.29, 1.82) is 0 Å². The van der Waals surface area contributed by atoms with Crippen LogP contribution in [-0.2, 0) is 22.6 Å². The molecule has 0 fully saturated rings. The highest BCUT2D eigenvalue weighted by atomic mass is 79.9. The molecular weight excluding hydrogens is 626 g/mol. The van der Waals surface area contributed by atoms with E-state index in [-0.39, 0.29) is 22.4 Å². The number of rotatable bonds is 8. The fourth-order valence-corrected chi connectivity index (χ4v) is 7.69. The van der Waals surface area contributed by atoms with E-state index in [0.29, 0.717) is 30.9 Å². The maximum Gasteiger partial charge on any atom is 0.162 e. The third kappa shape index (κ3) is 6.40. The second kappa shape index (κ2) is 12.3. The Morgan fingerprint density at radius 3 is 1.98 bits per heavy atom. The summed E-state index contributed by atoms with van der Waals surface area (Å²) in [6, 6.07) is 24.3. The first-order valence-corrected chi connectivity index (χ1v) is 16.6. The predicted octanol–water partition coefficient (Wildman–Crippen LogP) is 8.97. The summed E-state index contributed by atoms with van der Waals surface area (Å²) in [5.74, 6) is 1.04. The molecule has 1 heterocycles. The zero-order valence-electron chi connectivity index (χ0n) is 26.9. The highest BCUT2D eigenvalue weighted by molar-refractivity contribution is 9.10. The van der Waals surface area contributed by atoms with Crippen LogP contribution >= 0.6 is 15.9 Å². The van der Waals surface area contributed by atoms with Gasteiger partial charge in [0.1, 0.15) is 6.61 Å². The standard InChI is InChI=1S/C39H42BrNO4/c1-38(2)20-29-36(31(42)22-38)35(26-15-16-33(34(19-26)44-5)45-24-27-13-9-10-14-28(27)40)37-30(21-39(3,4)23-32(37)43)41(29)18-17-25-11-7-6-8-12-25/h6-16,19,35H,17-18,20-24H2,1-5H3. The van der Waals surface area contributed by atoms with Gasteiger partial charge in [-0.15, -0.1) is 0 Å². The number of halogens is 1. The normalized spacial score (nSPS) is 19.4. The summed E-state index contributed by atoms with van der Waals surface area (Å²) >= 11 is 3.60. The lowest BCUT2D eigenvalue weighted by Crippen LogP contribution is -2.45. The Morgan fingerprint density at radius 1 is 0.778 bits per heavy atom. The van der Waals surface area contributed by atoms with E-state index in [1.165, 1.54) is 5.56 Å². The van der Waals surface area contributed by atoms with Gasteiger partial charge in [-0.25, -0.2) is 0 Å². The van der Waals surface area contributed by atoms with Crippen molar-refractivity contribution in [2.75, 3.05) is 13.7 Å². The van der Waals surface area contributed by atoms with Crippen molar-refractivity contribution in [3.05, 3.63) is 116 Å². The molecule has 0 saturated heterocycles. The first kappa shape index (κ1) is 31.3. The van der Waals surface area contributed by atoms with Gasteiger partial charge in [0.2, 0.25) is 0 Å². The molecule has 5 nitrogen and oxygen atoms in total. The topological polar surface area (TPSA) is 55.8 Å². The minimum absolute atomic E-state index is 0.133. The number of ether oxygens (including phenoxy) is 2. The zero-order chi connectivity index (χ0) is 31.9. The molecule has 3 aromatic rings. The predicted molar refractivity (Wildman–Crippen MR) is 181 cm³/mol. The molecule has 1 aliphatic heterocycles. The molecule has 0 unspecified atom stereocenters. The number of hydrogen-bond acceptors (Lipinski definition) is 5. The number of methoxy groups -OCH3 is 1. The molecule has 0 N–H and O–H groups in total. The van der Waals surface area contributed by atoms with Gasteiger partial charge in [-0.2, -0.15) is 0 Å². The number of benzene rings is 3.